The highest BCUT2D eigenvalue weighted by Crippen LogP contribution is 2.27. The maximum absolute atomic E-state index is 13.0. The van der Waals surface area contributed by atoms with Crippen molar-refractivity contribution in [3.8, 4) is 0 Å². The van der Waals surface area contributed by atoms with E-state index in [0.717, 1.165) is 30.5 Å². The molecule has 1 unspecified atom stereocenters. The number of nitrogens with zero attached hydrogens (tertiary/aromatic N) is 3. The highest BCUT2D eigenvalue weighted by atomic mass is 16.2. The van der Waals surface area contributed by atoms with E-state index in [-0.39, 0.29) is 5.91 Å². The number of amides is 1. The van der Waals surface area contributed by atoms with E-state index in [9.17, 15) is 4.79 Å². The molecule has 112 valence electrons. The Labute approximate surface area is 125 Å². The predicted octanol–water partition coefficient (Wildman–Crippen LogP) is 3.52. The van der Waals surface area contributed by atoms with E-state index in [1.165, 1.54) is 12.8 Å². The van der Waals surface area contributed by atoms with Crippen molar-refractivity contribution < 1.29 is 4.79 Å². The summed E-state index contributed by atoms with van der Waals surface area (Å²) < 4.78 is 1.91. The maximum atomic E-state index is 13.0. The second kappa shape index (κ2) is 5.88. The predicted molar refractivity (Wildman–Crippen MR) is 83.4 cm³/mol. The monoisotopic (exact) mass is 285 g/mol. The van der Waals surface area contributed by atoms with Gasteiger partial charge in [0.25, 0.3) is 5.91 Å². The minimum Gasteiger partial charge on any atom is -0.333 e. The molecule has 1 saturated carbocycles. The number of rotatable bonds is 4. The van der Waals surface area contributed by atoms with Crippen molar-refractivity contribution in [2.24, 2.45) is 0 Å². The maximum Gasteiger partial charge on any atom is 0.255 e. The van der Waals surface area contributed by atoms with E-state index in [4.69, 9.17) is 0 Å². The van der Waals surface area contributed by atoms with Crippen LogP contribution in [0.1, 0.15) is 56.3 Å². The Kier molecular flexibility index (Phi) is 3.95. The quantitative estimate of drug-likeness (QED) is 0.862. The Morgan fingerprint density at radius 3 is 2.90 bits per heavy atom. The summed E-state index contributed by atoms with van der Waals surface area (Å²) in [6.07, 6.45) is 11.3. The molecule has 1 aliphatic carbocycles. The smallest absolute Gasteiger partial charge is 0.255 e. The molecule has 21 heavy (non-hydrogen) atoms. The Balaban J connectivity index is 1.91. The van der Waals surface area contributed by atoms with Crippen LogP contribution in [0.5, 0.6) is 0 Å². The average molecular weight is 285 g/mol. The van der Waals surface area contributed by atoms with E-state index >= 15 is 0 Å². The minimum atomic E-state index is 0.159. The van der Waals surface area contributed by atoms with Gasteiger partial charge in [-0.15, -0.1) is 0 Å². The number of carbonyl (C=O) groups excluding carboxylic acids is 1. The Bertz CT molecular complexity index is 628. The van der Waals surface area contributed by atoms with Crippen LogP contribution in [0.15, 0.2) is 30.7 Å². The van der Waals surface area contributed by atoms with Gasteiger partial charge in [-0.3, -0.25) is 4.79 Å². The molecule has 0 radical (unpaired) electrons. The molecule has 1 aliphatic rings. The fourth-order valence-electron chi connectivity index (χ4n) is 3.30. The number of hydrogen-bond donors (Lipinski definition) is 0. The number of fused-ring (bicyclic) bond motifs is 1. The van der Waals surface area contributed by atoms with Gasteiger partial charge in [-0.25, -0.2) is 4.98 Å². The van der Waals surface area contributed by atoms with Crippen LogP contribution in [-0.2, 0) is 0 Å². The SMILES string of the molecule is CCC(C)N(C(=O)c1ccc2nccn2c1)C1CCCC1. The lowest BCUT2D eigenvalue weighted by molar-refractivity contribution is 0.0589. The van der Waals surface area contributed by atoms with Gasteiger partial charge in [0.05, 0.1) is 5.56 Å². The first-order valence-electron chi connectivity index (χ1n) is 7.96. The molecular formula is C17H23N3O. The first-order chi connectivity index (χ1) is 10.2. The van der Waals surface area contributed by atoms with E-state index in [1.54, 1.807) is 6.20 Å². The molecular weight excluding hydrogens is 262 g/mol. The molecule has 2 heterocycles. The molecule has 2 aromatic rings. The van der Waals surface area contributed by atoms with Gasteiger partial charge in [0.1, 0.15) is 5.65 Å². The Morgan fingerprint density at radius 2 is 2.19 bits per heavy atom. The first kappa shape index (κ1) is 14.1. The lowest BCUT2D eigenvalue weighted by atomic mass is 10.1. The van der Waals surface area contributed by atoms with Gasteiger partial charge in [0.2, 0.25) is 0 Å². The summed E-state index contributed by atoms with van der Waals surface area (Å²) in [6.45, 7) is 4.31. The molecule has 1 atom stereocenters. The highest BCUT2D eigenvalue weighted by molar-refractivity contribution is 5.94. The van der Waals surface area contributed by atoms with Crippen molar-refractivity contribution >= 4 is 11.6 Å². The van der Waals surface area contributed by atoms with Gasteiger partial charge >= 0.3 is 0 Å². The molecule has 0 aromatic carbocycles. The molecule has 1 amide bonds. The molecule has 0 spiro atoms. The minimum absolute atomic E-state index is 0.159. The van der Waals surface area contributed by atoms with Crippen molar-refractivity contribution in [1.29, 1.82) is 0 Å². The fraction of sp³-hybridized carbons (Fsp3) is 0.529. The molecule has 0 saturated heterocycles. The fourth-order valence-corrected chi connectivity index (χ4v) is 3.30. The van der Waals surface area contributed by atoms with Gasteiger partial charge in [-0.2, -0.15) is 0 Å². The van der Waals surface area contributed by atoms with Crippen molar-refractivity contribution in [3.63, 3.8) is 0 Å². The third-order valence-corrected chi connectivity index (χ3v) is 4.65. The lowest BCUT2D eigenvalue weighted by Gasteiger charge is -2.34. The van der Waals surface area contributed by atoms with Gasteiger partial charge < -0.3 is 9.30 Å². The Morgan fingerprint density at radius 1 is 1.43 bits per heavy atom. The van der Waals surface area contributed by atoms with Crippen LogP contribution in [0.2, 0.25) is 0 Å². The Hall–Kier alpha value is -1.84. The van der Waals surface area contributed by atoms with Crippen LogP contribution in [0.25, 0.3) is 5.65 Å². The van der Waals surface area contributed by atoms with E-state index in [2.05, 4.69) is 23.7 Å². The first-order valence-corrected chi connectivity index (χ1v) is 7.96. The zero-order valence-corrected chi connectivity index (χ0v) is 12.8. The van der Waals surface area contributed by atoms with Crippen LogP contribution in [-0.4, -0.2) is 32.3 Å². The summed E-state index contributed by atoms with van der Waals surface area (Å²) in [6, 6.07) is 4.51. The molecule has 0 N–H and O–H groups in total. The molecule has 1 fully saturated rings. The number of imidazole rings is 1. The summed E-state index contributed by atoms with van der Waals surface area (Å²) in [5.41, 5.74) is 1.63. The number of hydrogen-bond acceptors (Lipinski definition) is 2. The third kappa shape index (κ3) is 2.67. The molecule has 0 aliphatic heterocycles. The lowest BCUT2D eigenvalue weighted by Crippen LogP contribution is -2.44. The van der Waals surface area contributed by atoms with Crippen molar-refractivity contribution in [2.45, 2.75) is 58.0 Å². The van der Waals surface area contributed by atoms with Crippen LogP contribution in [0, 0.1) is 0 Å². The van der Waals surface area contributed by atoms with Crippen molar-refractivity contribution in [1.82, 2.24) is 14.3 Å². The zero-order chi connectivity index (χ0) is 14.8. The van der Waals surface area contributed by atoms with Crippen LogP contribution < -0.4 is 0 Å². The summed E-state index contributed by atoms with van der Waals surface area (Å²) in [5, 5.41) is 0. The van der Waals surface area contributed by atoms with Crippen LogP contribution in [0.3, 0.4) is 0 Å². The van der Waals surface area contributed by atoms with Gasteiger partial charge in [0, 0.05) is 30.7 Å². The standard InChI is InChI=1S/C17H23N3O/c1-3-13(2)20(15-6-4-5-7-15)17(21)14-8-9-16-18-10-11-19(16)12-14/h8-13,15H,3-7H2,1-2H3. The second-order valence-electron chi connectivity index (χ2n) is 6.02. The molecule has 4 heteroatoms. The third-order valence-electron chi connectivity index (χ3n) is 4.65. The molecule has 2 aromatic heterocycles. The highest BCUT2D eigenvalue weighted by Gasteiger charge is 2.30. The number of pyridine rings is 1. The van der Waals surface area contributed by atoms with Gasteiger partial charge in [-0.05, 0) is 38.3 Å². The average Bonchev–Trinajstić information content (AvgIpc) is 3.17. The molecule has 0 bridgehead atoms. The summed E-state index contributed by atoms with van der Waals surface area (Å²) in [5.74, 6) is 0.159. The summed E-state index contributed by atoms with van der Waals surface area (Å²) in [4.78, 5) is 19.3. The van der Waals surface area contributed by atoms with Gasteiger partial charge in [0.15, 0.2) is 0 Å². The largest absolute Gasteiger partial charge is 0.333 e. The number of carbonyl (C=O) groups is 1. The zero-order valence-electron chi connectivity index (χ0n) is 12.8. The van der Waals surface area contributed by atoms with Crippen molar-refractivity contribution in [3.05, 3.63) is 36.3 Å². The summed E-state index contributed by atoms with van der Waals surface area (Å²) in [7, 11) is 0. The summed E-state index contributed by atoms with van der Waals surface area (Å²) >= 11 is 0. The van der Waals surface area contributed by atoms with Crippen molar-refractivity contribution in [2.75, 3.05) is 0 Å². The molecule has 3 rings (SSSR count). The molecule has 4 nitrogen and oxygen atoms in total. The van der Waals surface area contributed by atoms with E-state index in [0.29, 0.717) is 12.1 Å². The van der Waals surface area contributed by atoms with Crippen LogP contribution in [0.4, 0.5) is 0 Å². The normalized spacial score (nSPS) is 17.2. The number of aromatic nitrogens is 2. The van der Waals surface area contributed by atoms with Crippen LogP contribution >= 0.6 is 0 Å². The van der Waals surface area contributed by atoms with Gasteiger partial charge in [-0.1, -0.05) is 19.8 Å². The topological polar surface area (TPSA) is 37.6 Å². The second-order valence-corrected chi connectivity index (χ2v) is 6.02. The van der Waals surface area contributed by atoms with E-state index < -0.39 is 0 Å². The van der Waals surface area contributed by atoms with E-state index in [1.807, 2.05) is 28.9 Å².